The van der Waals surface area contributed by atoms with Crippen LogP contribution in [0.3, 0.4) is 0 Å². The smallest absolute Gasteiger partial charge is 0.233 e. The van der Waals surface area contributed by atoms with E-state index in [9.17, 15) is 9.59 Å². The summed E-state index contributed by atoms with van der Waals surface area (Å²) in [5, 5.41) is 0. The maximum Gasteiger partial charge on any atom is 0.233 e. The highest BCUT2D eigenvalue weighted by Gasteiger charge is 2.58. The topological polar surface area (TPSA) is 63.4 Å². The highest BCUT2D eigenvalue weighted by atomic mass is 16.2. The number of fused-ring (bicyclic) bond motifs is 1. The van der Waals surface area contributed by atoms with Crippen LogP contribution in [0.5, 0.6) is 0 Å². The predicted octanol–water partition coefficient (Wildman–Crippen LogP) is -0.660. The number of hydrogen-bond donors (Lipinski definition) is 1. The van der Waals surface area contributed by atoms with Gasteiger partial charge in [0.05, 0.1) is 11.8 Å². The Bertz CT molecular complexity index is 219. The first-order chi connectivity index (χ1) is 5.75. The predicted molar refractivity (Wildman–Crippen MR) is 42.0 cm³/mol. The maximum atomic E-state index is 11.3. The van der Waals surface area contributed by atoms with Gasteiger partial charge >= 0.3 is 0 Å². The molecule has 2 atom stereocenters. The molecule has 1 saturated carbocycles. The zero-order chi connectivity index (χ0) is 8.72. The van der Waals surface area contributed by atoms with Crippen LogP contribution in [-0.2, 0) is 9.59 Å². The number of amides is 2. The Morgan fingerprint density at radius 2 is 1.92 bits per heavy atom. The first-order valence-electron chi connectivity index (χ1n) is 4.31. The van der Waals surface area contributed by atoms with Gasteiger partial charge in [-0.1, -0.05) is 0 Å². The van der Waals surface area contributed by atoms with Crippen molar-refractivity contribution in [2.24, 2.45) is 17.6 Å². The van der Waals surface area contributed by atoms with Crippen molar-refractivity contribution in [2.75, 3.05) is 13.1 Å². The summed E-state index contributed by atoms with van der Waals surface area (Å²) >= 11 is 0. The molecule has 2 amide bonds. The molecule has 0 bridgehead atoms. The number of nitrogens with two attached hydrogens (primary N) is 1. The molecule has 0 aromatic heterocycles. The van der Waals surface area contributed by atoms with Crippen LogP contribution < -0.4 is 5.73 Å². The SMILES string of the molecule is NCCCN1C(=O)C2CC2C1=O. The molecule has 66 valence electrons. The Kier molecular flexibility index (Phi) is 1.65. The van der Waals surface area contributed by atoms with Crippen LogP contribution in [0.15, 0.2) is 0 Å². The summed E-state index contributed by atoms with van der Waals surface area (Å²) in [5.74, 6) is 0.127. The van der Waals surface area contributed by atoms with Gasteiger partial charge in [0.25, 0.3) is 0 Å². The minimum Gasteiger partial charge on any atom is -0.330 e. The number of rotatable bonds is 3. The molecule has 1 aliphatic carbocycles. The van der Waals surface area contributed by atoms with Crippen LogP contribution in [-0.4, -0.2) is 29.8 Å². The van der Waals surface area contributed by atoms with E-state index in [1.807, 2.05) is 0 Å². The van der Waals surface area contributed by atoms with Crippen LogP contribution in [0.2, 0.25) is 0 Å². The van der Waals surface area contributed by atoms with Crippen molar-refractivity contribution in [2.45, 2.75) is 12.8 Å². The second kappa shape index (κ2) is 2.55. The van der Waals surface area contributed by atoms with E-state index < -0.39 is 0 Å². The van der Waals surface area contributed by atoms with E-state index in [4.69, 9.17) is 5.73 Å². The molecule has 0 aromatic carbocycles. The van der Waals surface area contributed by atoms with Crippen LogP contribution in [0.1, 0.15) is 12.8 Å². The quantitative estimate of drug-likeness (QED) is 0.569. The van der Waals surface area contributed by atoms with Crippen LogP contribution >= 0.6 is 0 Å². The van der Waals surface area contributed by atoms with Crippen molar-refractivity contribution in [3.8, 4) is 0 Å². The molecule has 2 rings (SSSR count). The van der Waals surface area contributed by atoms with Gasteiger partial charge in [-0.05, 0) is 19.4 Å². The molecule has 4 nitrogen and oxygen atoms in total. The van der Waals surface area contributed by atoms with E-state index >= 15 is 0 Å². The Hall–Kier alpha value is -0.900. The van der Waals surface area contributed by atoms with E-state index in [2.05, 4.69) is 0 Å². The molecule has 0 aromatic rings. The van der Waals surface area contributed by atoms with Gasteiger partial charge < -0.3 is 5.73 Å². The third-order valence-electron chi connectivity index (χ3n) is 2.54. The number of nitrogens with zero attached hydrogens (tertiary/aromatic N) is 1. The number of piperidine rings is 1. The van der Waals surface area contributed by atoms with E-state index in [1.165, 1.54) is 4.90 Å². The minimum absolute atomic E-state index is 0.0263. The van der Waals surface area contributed by atoms with Gasteiger partial charge in [-0.3, -0.25) is 14.5 Å². The Morgan fingerprint density at radius 3 is 2.42 bits per heavy atom. The first kappa shape index (κ1) is 7.73. The molecule has 2 fully saturated rings. The first-order valence-corrected chi connectivity index (χ1v) is 4.31. The van der Waals surface area contributed by atoms with Gasteiger partial charge in [-0.2, -0.15) is 0 Å². The largest absolute Gasteiger partial charge is 0.330 e. The maximum absolute atomic E-state index is 11.3. The summed E-state index contributed by atoms with van der Waals surface area (Å²) in [4.78, 5) is 24.0. The number of carbonyl (C=O) groups excluding carboxylic acids is 2. The molecular weight excluding hydrogens is 156 g/mol. The van der Waals surface area contributed by atoms with Gasteiger partial charge in [-0.15, -0.1) is 0 Å². The molecule has 2 aliphatic rings. The molecule has 12 heavy (non-hydrogen) atoms. The number of likely N-dealkylation sites (tertiary alicyclic amines) is 1. The summed E-state index contributed by atoms with van der Waals surface area (Å²) in [6.45, 7) is 1.05. The van der Waals surface area contributed by atoms with Crippen molar-refractivity contribution >= 4 is 11.8 Å². The van der Waals surface area contributed by atoms with E-state index in [0.29, 0.717) is 13.1 Å². The Morgan fingerprint density at radius 1 is 1.33 bits per heavy atom. The molecular formula is C8H12N2O2. The molecule has 1 aliphatic heterocycles. The molecule has 1 heterocycles. The molecule has 4 heteroatoms. The average Bonchev–Trinajstić information content (AvgIpc) is 2.78. The normalized spacial score (nSPS) is 32.6. The van der Waals surface area contributed by atoms with Crippen molar-refractivity contribution in [3.05, 3.63) is 0 Å². The molecule has 2 unspecified atom stereocenters. The Labute approximate surface area is 70.7 Å². The third-order valence-corrected chi connectivity index (χ3v) is 2.54. The van der Waals surface area contributed by atoms with E-state index in [1.54, 1.807) is 0 Å². The lowest BCUT2D eigenvalue weighted by Crippen LogP contribution is -2.34. The molecule has 0 radical (unpaired) electrons. The van der Waals surface area contributed by atoms with Gasteiger partial charge in [0.2, 0.25) is 11.8 Å². The van der Waals surface area contributed by atoms with E-state index in [-0.39, 0.29) is 23.7 Å². The number of hydrogen-bond acceptors (Lipinski definition) is 3. The zero-order valence-corrected chi connectivity index (χ0v) is 6.82. The standard InChI is InChI=1S/C8H12N2O2/c9-2-1-3-10-7(11)5-4-6(5)8(10)12/h5-6H,1-4,9H2. The highest BCUT2D eigenvalue weighted by Crippen LogP contribution is 2.46. The number of imide groups is 1. The van der Waals surface area contributed by atoms with Gasteiger partial charge in [-0.25, -0.2) is 0 Å². The van der Waals surface area contributed by atoms with Crippen molar-refractivity contribution < 1.29 is 9.59 Å². The number of carbonyl (C=O) groups is 2. The van der Waals surface area contributed by atoms with E-state index in [0.717, 1.165) is 12.8 Å². The lowest BCUT2D eigenvalue weighted by atomic mass is 10.3. The summed E-state index contributed by atoms with van der Waals surface area (Å²) < 4.78 is 0. The van der Waals surface area contributed by atoms with Crippen LogP contribution in [0, 0.1) is 11.8 Å². The van der Waals surface area contributed by atoms with Crippen molar-refractivity contribution in [1.82, 2.24) is 4.90 Å². The summed E-state index contributed by atoms with van der Waals surface area (Å²) in [5.41, 5.74) is 5.29. The van der Waals surface area contributed by atoms with Gasteiger partial charge in [0.15, 0.2) is 0 Å². The molecule has 2 N–H and O–H groups in total. The van der Waals surface area contributed by atoms with Crippen LogP contribution in [0.4, 0.5) is 0 Å². The highest BCUT2D eigenvalue weighted by molar-refractivity contribution is 6.08. The Balaban J connectivity index is 1.97. The second-order valence-corrected chi connectivity index (χ2v) is 3.42. The van der Waals surface area contributed by atoms with Crippen molar-refractivity contribution in [1.29, 1.82) is 0 Å². The van der Waals surface area contributed by atoms with Crippen LogP contribution in [0.25, 0.3) is 0 Å². The lowest BCUT2D eigenvalue weighted by molar-refractivity contribution is -0.141. The molecule has 1 saturated heterocycles. The fraction of sp³-hybridized carbons (Fsp3) is 0.750. The minimum atomic E-state index is 0.0263. The fourth-order valence-electron chi connectivity index (χ4n) is 1.72. The zero-order valence-electron chi connectivity index (χ0n) is 6.82. The fourth-order valence-corrected chi connectivity index (χ4v) is 1.72. The van der Waals surface area contributed by atoms with Crippen molar-refractivity contribution in [3.63, 3.8) is 0 Å². The summed E-state index contributed by atoms with van der Waals surface area (Å²) in [6.07, 6.45) is 1.51. The van der Waals surface area contributed by atoms with Gasteiger partial charge in [0, 0.05) is 6.54 Å². The summed E-state index contributed by atoms with van der Waals surface area (Å²) in [6, 6.07) is 0. The molecule has 0 spiro atoms. The third kappa shape index (κ3) is 0.948. The average molecular weight is 168 g/mol. The lowest BCUT2D eigenvalue weighted by Gasteiger charge is -2.14. The second-order valence-electron chi connectivity index (χ2n) is 3.42. The monoisotopic (exact) mass is 168 g/mol. The summed E-state index contributed by atoms with van der Waals surface area (Å²) in [7, 11) is 0. The van der Waals surface area contributed by atoms with Gasteiger partial charge in [0.1, 0.15) is 0 Å².